The van der Waals surface area contributed by atoms with Gasteiger partial charge in [0.2, 0.25) is 0 Å². The van der Waals surface area contributed by atoms with Crippen LogP contribution < -0.4 is 10.6 Å². The van der Waals surface area contributed by atoms with E-state index in [-0.39, 0.29) is 11.3 Å². The summed E-state index contributed by atoms with van der Waals surface area (Å²) in [5.41, 5.74) is 1.20. The SMILES string of the molecule is Cn1ccc(CCNC(=O)Nc2ccccc2C(=O)O)n1. The van der Waals surface area contributed by atoms with Crippen molar-refractivity contribution in [2.45, 2.75) is 6.42 Å². The van der Waals surface area contributed by atoms with Crippen molar-refractivity contribution in [1.82, 2.24) is 15.1 Å². The molecular weight excluding hydrogens is 272 g/mol. The van der Waals surface area contributed by atoms with Gasteiger partial charge in [0.25, 0.3) is 0 Å². The first-order valence-electron chi connectivity index (χ1n) is 6.42. The Bertz CT molecular complexity index is 651. The van der Waals surface area contributed by atoms with Gasteiger partial charge in [0.05, 0.1) is 16.9 Å². The normalized spacial score (nSPS) is 10.1. The van der Waals surface area contributed by atoms with Gasteiger partial charge >= 0.3 is 12.0 Å². The highest BCUT2D eigenvalue weighted by atomic mass is 16.4. The van der Waals surface area contributed by atoms with Crippen LogP contribution in [0.5, 0.6) is 0 Å². The Morgan fingerprint density at radius 3 is 2.71 bits per heavy atom. The van der Waals surface area contributed by atoms with E-state index in [9.17, 15) is 9.59 Å². The van der Waals surface area contributed by atoms with E-state index < -0.39 is 12.0 Å². The van der Waals surface area contributed by atoms with Crippen molar-refractivity contribution in [1.29, 1.82) is 0 Å². The molecule has 0 radical (unpaired) electrons. The van der Waals surface area contributed by atoms with Crippen LogP contribution in [0.15, 0.2) is 36.5 Å². The number of carboxylic acid groups (broad SMARTS) is 1. The van der Waals surface area contributed by atoms with Crippen molar-refractivity contribution in [2.24, 2.45) is 7.05 Å². The van der Waals surface area contributed by atoms with Crippen molar-refractivity contribution in [2.75, 3.05) is 11.9 Å². The van der Waals surface area contributed by atoms with Crippen molar-refractivity contribution in [3.05, 3.63) is 47.8 Å². The van der Waals surface area contributed by atoms with Gasteiger partial charge in [0, 0.05) is 26.2 Å². The Morgan fingerprint density at radius 2 is 2.05 bits per heavy atom. The summed E-state index contributed by atoms with van der Waals surface area (Å²) in [4.78, 5) is 22.8. The number of anilines is 1. The van der Waals surface area contributed by atoms with Gasteiger partial charge in [-0.25, -0.2) is 9.59 Å². The van der Waals surface area contributed by atoms with E-state index in [4.69, 9.17) is 5.11 Å². The third kappa shape index (κ3) is 4.07. The maximum Gasteiger partial charge on any atom is 0.337 e. The molecule has 1 heterocycles. The zero-order chi connectivity index (χ0) is 15.2. The van der Waals surface area contributed by atoms with E-state index in [1.807, 2.05) is 19.3 Å². The average molecular weight is 288 g/mol. The monoisotopic (exact) mass is 288 g/mol. The fourth-order valence-corrected chi connectivity index (χ4v) is 1.85. The molecule has 0 aliphatic rings. The second-order valence-electron chi connectivity index (χ2n) is 4.46. The molecule has 2 aromatic rings. The van der Waals surface area contributed by atoms with Gasteiger partial charge in [-0.3, -0.25) is 4.68 Å². The molecule has 7 heteroatoms. The molecule has 0 spiro atoms. The molecular formula is C14H16N4O3. The van der Waals surface area contributed by atoms with Crippen LogP contribution in [0.2, 0.25) is 0 Å². The van der Waals surface area contributed by atoms with Gasteiger partial charge in [-0.05, 0) is 18.2 Å². The predicted molar refractivity (Wildman–Crippen MR) is 77.3 cm³/mol. The van der Waals surface area contributed by atoms with E-state index >= 15 is 0 Å². The number of aromatic carboxylic acids is 1. The third-order valence-corrected chi connectivity index (χ3v) is 2.84. The number of nitrogens with zero attached hydrogens (tertiary/aromatic N) is 2. The molecule has 21 heavy (non-hydrogen) atoms. The van der Waals surface area contributed by atoms with Crippen LogP contribution in [0.3, 0.4) is 0 Å². The zero-order valence-electron chi connectivity index (χ0n) is 11.5. The lowest BCUT2D eigenvalue weighted by molar-refractivity contribution is 0.0698. The second-order valence-corrected chi connectivity index (χ2v) is 4.46. The van der Waals surface area contributed by atoms with Gasteiger partial charge in [-0.2, -0.15) is 5.10 Å². The fraction of sp³-hybridized carbons (Fsp3) is 0.214. The summed E-state index contributed by atoms with van der Waals surface area (Å²) in [7, 11) is 1.83. The Balaban J connectivity index is 1.86. The van der Waals surface area contributed by atoms with Crippen molar-refractivity contribution in [3.63, 3.8) is 0 Å². The van der Waals surface area contributed by atoms with Gasteiger partial charge in [-0.1, -0.05) is 12.1 Å². The van der Waals surface area contributed by atoms with Crippen LogP contribution in [0.1, 0.15) is 16.1 Å². The number of hydrogen-bond acceptors (Lipinski definition) is 3. The summed E-state index contributed by atoms with van der Waals surface area (Å²) in [6.07, 6.45) is 2.44. The number of para-hydroxylation sites is 1. The Morgan fingerprint density at radius 1 is 1.29 bits per heavy atom. The van der Waals surface area contributed by atoms with Crippen LogP contribution in [-0.4, -0.2) is 33.4 Å². The number of carbonyl (C=O) groups excluding carboxylic acids is 1. The van der Waals surface area contributed by atoms with Gasteiger partial charge < -0.3 is 15.7 Å². The minimum absolute atomic E-state index is 0.0531. The number of nitrogens with one attached hydrogen (secondary N) is 2. The summed E-state index contributed by atoms with van der Waals surface area (Å²) in [6, 6.07) is 7.68. The molecule has 3 N–H and O–H groups in total. The predicted octanol–water partition coefficient (Wildman–Crippen LogP) is 1.48. The van der Waals surface area contributed by atoms with Crippen LogP contribution in [0, 0.1) is 0 Å². The number of amides is 2. The smallest absolute Gasteiger partial charge is 0.337 e. The lowest BCUT2D eigenvalue weighted by atomic mass is 10.2. The van der Waals surface area contributed by atoms with Crippen LogP contribution >= 0.6 is 0 Å². The number of carboxylic acids is 1. The summed E-state index contributed by atoms with van der Waals surface area (Å²) in [5.74, 6) is -1.08. The minimum atomic E-state index is -1.08. The van der Waals surface area contributed by atoms with Crippen LogP contribution in [0.25, 0.3) is 0 Å². The molecule has 1 aromatic carbocycles. The van der Waals surface area contributed by atoms with Crippen molar-refractivity contribution < 1.29 is 14.7 Å². The Labute approximate surface area is 121 Å². The summed E-state index contributed by atoms with van der Waals surface area (Å²) >= 11 is 0. The number of benzene rings is 1. The average Bonchev–Trinajstić information content (AvgIpc) is 2.85. The highest BCUT2D eigenvalue weighted by Gasteiger charge is 2.11. The Hall–Kier alpha value is -2.83. The highest BCUT2D eigenvalue weighted by Crippen LogP contribution is 2.14. The zero-order valence-corrected chi connectivity index (χ0v) is 11.5. The maximum atomic E-state index is 11.7. The first kappa shape index (κ1) is 14.6. The first-order valence-corrected chi connectivity index (χ1v) is 6.42. The fourth-order valence-electron chi connectivity index (χ4n) is 1.85. The molecule has 2 rings (SSSR count). The van der Waals surface area contributed by atoms with E-state index in [1.165, 1.54) is 6.07 Å². The first-order chi connectivity index (χ1) is 10.1. The lowest BCUT2D eigenvalue weighted by Crippen LogP contribution is -2.31. The number of aryl methyl sites for hydroxylation is 1. The molecule has 0 fully saturated rings. The number of aromatic nitrogens is 2. The largest absolute Gasteiger partial charge is 0.478 e. The van der Waals surface area contributed by atoms with Crippen molar-refractivity contribution in [3.8, 4) is 0 Å². The maximum absolute atomic E-state index is 11.7. The molecule has 0 bridgehead atoms. The lowest BCUT2D eigenvalue weighted by Gasteiger charge is -2.09. The standard InChI is InChI=1S/C14H16N4O3/c1-18-9-7-10(17-18)6-8-15-14(21)16-12-5-3-2-4-11(12)13(19)20/h2-5,7,9H,6,8H2,1H3,(H,19,20)(H2,15,16,21). The van der Waals surface area contributed by atoms with Crippen LogP contribution in [-0.2, 0) is 13.5 Å². The third-order valence-electron chi connectivity index (χ3n) is 2.84. The van der Waals surface area contributed by atoms with E-state index in [1.54, 1.807) is 22.9 Å². The molecule has 1 aromatic heterocycles. The topological polar surface area (TPSA) is 96.2 Å². The molecule has 110 valence electrons. The van der Waals surface area contributed by atoms with E-state index in [2.05, 4.69) is 15.7 Å². The summed E-state index contributed by atoms with van der Waals surface area (Å²) in [6.45, 7) is 0.415. The van der Waals surface area contributed by atoms with Gasteiger partial charge in [0.15, 0.2) is 0 Å². The summed E-state index contributed by atoms with van der Waals surface area (Å²) < 4.78 is 1.69. The van der Waals surface area contributed by atoms with Crippen LogP contribution in [0.4, 0.5) is 10.5 Å². The molecule has 0 atom stereocenters. The molecule has 7 nitrogen and oxygen atoms in total. The van der Waals surface area contributed by atoms with E-state index in [0.29, 0.717) is 13.0 Å². The minimum Gasteiger partial charge on any atom is -0.478 e. The Kier molecular flexibility index (Phi) is 4.55. The quantitative estimate of drug-likeness (QED) is 0.776. The second kappa shape index (κ2) is 6.56. The molecule has 0 aliphatic heterocycles. The molecule has 0 saturated carbocycles. The van der Waals surface area contributed by atoms with Crippen molar-refractivity contribution >= 4 is 17.7 Å². The molecule has 2 amide bonds. The molecule has 0 saturated heterocycles. The highest BCUT2D eigenvalue weighted by molar-refractivity contribution is 5.99. The number of carbonyl (C=O) groups is 2. The number of hydrogen-bond donors (Lipinski definition) is 3. The molecule has 0 unspecified atom stereocenters. The molecule has 0 aliphatic carbocycles. The van der Waals surface area contributed by atoms with Gasteiger partial charge in [-0.15, -0.1) is 0 Å². The van der Waals surface area contributed by atoms with Gasteiger partial charge in [0.1, 0.15) is 0 Å². The van der Waals surface area contributed by atoms with E-state index in [0.717, 1.165) is 5.69 Å². The summed E-state index contributed by atoms with van der Waals surface area (Å²) in [5, 5.41) is 18.4. The number of rotatable bonds is 5. The number of urea groups is 1.